The van der Waals surface area contributed by atoms with E-state index in [-0.39, 0.29) is 24.0 Å². The fourth-order valence-corrected chi connectivity index (χ4v) is 1.28. The molecule has 0 aromatic carbocycles. The van der Waals surface area contributed by atoms with Crippen molar-refractivity contribution in [3.8, 4) is 0 Å². The van der Waals surface area contributed by atoms with Gasteiger partial charge in [-0.1, -0.05) is 18.6 Å². The van der Waals surface area contributed by atoms with Crippen LogP contribution in [0.1, 0.15) is 30.3 Å². The first-order valence-corrected chi connectivity index (χ1v) is 5.64. The number of anilines is 1. The average Bonchev–Trinajstić information content (AvgIpc) is 2.70. The summed E-state index contributed by atoms with van der Waals surface area (Å²) in [5, 5.41) is 9.91. The Hall–Kier alpha value is -2.12. The first-order chi connectivity index (χ1) is 8.60. The molecule has 100 valence electrons. The molecule has 0 saturated carbocycles. The van der Waals surface area contributed by atoms with Crippen LogP contribution >= 0.6 is 0 Å². The van der Waals surface area contributed by atoms with Crippen LogP contribution in [-0.4, -0.2) is 40.5 Å². The summed E-state index contributed by atoms with van der Waals surface area (Å²) in [5.41, 5.74) is 5.56. The van der Waals surface area contributed by atoms with Crippen molar-refractivity contribution in [2.45, 2.75) is 26.3 Å². The third-order valence-corrected chi connectivity index (χ3v) is 2.30. The summed E-state index contributed by atoms with van der Waals surface area (Å²) in [5.74, 6) is -0.880. The second kappa shape index (κ2) is 6.58. The van der Waals surface area contributed by atoms with Crippen LogP contribution in [0.15, 0.2) is 0 Å². The number of ether oxygens (including phenoxy) is 1. The molecule has 0 atom stereocenters. The Bertz CT molecular complexity index is 429. The zero-order chi connectivity index (χ0) is 13.5. The van der Waals surface area contributed by atoms with Crippen molar-refractivity contribution in [2.75, 3.05) is 19.4 Å². The van der Waals surface area contributed by atoms with E-state index in [4.69, 9.17) is 5.73 Å². The maximum atomic E-state index is 11.5. The molecule has 1 heterocycles. The van der Waals surface area contributed by atoms with Gasteiger partial charge in [0.2, 0.25) is 11.6 Å². The first-order valence-electron chi connectivity index (χ1n) is 5.64. The molecule has 0 fully saturated rings. The number of rotatable bonds is 6. The van der Waals surface area contributed by atoms with E-state index in [1.54, 1.807) is 0 Å². The number of esters is 1. The number of hydrogen-bond donors (Lipinski definition) is 2. The maximum Gasteiger partial charge on any atom is 0.362 e. The number of methoxy groups -OCH3 is 1. The minimum absolute atomic E-state index is 0.0208. The molecular weight excluding hydrogens is 238 g/mol. The van der Waals surface area contributed by atoms with Gasteiger partial charge < -0.3 is 15.8 Å². The van der Waals surface area contributed by atoms with Crippen molar-refractivity contribution in [3.05, 3.63) is 5.69 Å². The molecule has 8 nitrogen and oxygen atoms in total. The van der Waals surface area contributed by atoms with Crippen LogP contribution in [0.5, 0.6) is 0 Å². The number of unbranched alkanes of at least 4 members (excludes halogenated alkanes) is 1. The van der Waals surface area contributed by atoms with Gasteiger partial charge in [-0.05, 0) is 6.42 Å². The lowest BCUT2D eigenvalue weighted by Crippen LogP contribution is -2.29. The summed E-state index contributed by atoms with van der Waals surface area (Å²) in [6.07, 6.45) is 1.91. The van der Waals surface area contributed by atoms with Gasteiger partial charge in [-0.2, -0.15) is 0 Å². The van der Waals surface area contributed by atoms with Gasteiger partial charge in [0.15, 0.2) is 5.82 Å². The molecule has 0 bridgehead atoms. The van der Waals surface area contributed by atoms with Gasteiger partial charge in [-0.3, -0.25) is 4.79 Å². The molecule has 0 aliphatic heterocycles. The van der Waals surface area contributed by atoms with E-state index < -0.39 is 5.97 Å². The smallest absolute Gasteiger partial charge is 0.362 e. The minimum atomic E-state index is -0.676. The third-order valence-electron chi connectivity index (χ3n) is 2.30. The molecule has 3 N–H and O–H groups in total. The largest absolute Gasteiger partial charge is 0.464 e. The Kier molecular flexibility index (Phi) is 5.09. The van der Waals surface area contributed by atoms with Crippen molar-refractivity contribution in [3.63, 3.8) is 0 Å². The quantitative estimate of drug-likeness (QED) is 0.526. The maximum absolute atomic E-state index is 11.5. The molecule has 1 aromatic rings. The van der Waals surface area contributed by atoms with Crippen LogP contribution in [0, 0.1) is 0 Å². The summed E-state index contributed by atoms with van der Waals surface area (Å²) in [4.78, 5) is 22.7. The fourth-order valence-electron chi connectivity index (χ4n) is 1.28. The second-order valence-electron chi connectivity index (χ2n) is 3.68. The number of hydrogen-bond acceptors (Lipinski definition) is 6. The number of amides is 1. The van der Waals surface area contributed by atoms with Crippen LogP contribution in [-0.2, 0) is 16.1 Å². The number of nitrogens with zero attached hydrogens (tertiary/aromatic N) is 3. The fraction of sp³-hybridized carbons (Fsp3) is 0.600. The van der Waals surface area contributed by atoms with E-state index >= 15 is 0 Å². The summed E-state index contributed by atoms with van der Waals surface area (Å²) >= 11 is 0. The zero-order valence-electron chi connectivity index (χ0n) is 10.5. The summed E-state index contributed by atoms with van der Waals surface area (Å²) in [6, 6.07) is 0. The molecule has 0 spiro atoms. The number of nitrogen functional groups attached to an aromatic ring is 1. The van der Waals surface area contributed by atoms with Crippen molar-refractivity contribution in [1.29, 1.82) is 0 Å². The SMILES string of the molecule is CCCCNC(=O)Cn1nnc(C(=O)OC)c1N. The van der Waals surface area contributed by atoms with Crippen LogP contribution in [0.4, 0.5) is 5.82 Å². The topological polar surface area (TPSA) is 112 Å². The van der Waals surface area contributed by atoms with Crippen molar-refractivity contribution in [1.82, 2.24) is 20.3 Å². The van der Waals surface area contributed by atoms with E-state index in [9.17, 15) is 9.59 Å². The monoisotopic (exact) mass is 255 g/mol. The lowest BCUT2D eigenvalue weighted by molar-refractivity contribution is -0.121. The van der Waals surface area contributed by atoms with Gasteiger partial charge in [-0.15, -0.1) is 5.10 Å². The van der Waals surface area contributed by atoms with Crippen LogP contribution < -0.4 is 11.1 Å². The highest BCUT2D eigenvalue weighted by molar-refractivity contribution is 5.92. The average molecular weight is 255 g/mol. The highest BCUT2D eigenvalue weighted by Gasteiger charge is 2.18. The Morgan fingerprint density at radius 3 is 2.83 bits per heavy atom. The molecule has 18 heavy (non-hydrogen) atoms. The van der Waals surface area contributed by atoms with Gasteiger partial charge in [-0.25, -0.2) is 9.48 Å². The molecular formula is C10H17N5O3. The molecule has 0 unspecified atom stereocenters. The number of aromatic nitrogens is 3. The lowest BCUT2D eigenvalue weighted by Gasteiger charge is -2.05. The van der Waals surface area contributed by atoms with Crippen LogP contribution in [0.2, 0.25) is 0 Å². The zero-order valence-corrected chi connectivity index (χ0v) is 10.5. The normalized spacial score (nSPS) is 10.1. The summed E-state index contributed by atoms with van der Waals surface area (Å²) < 4.78 is 5.64. The van der Waals surface area contributed by atoms with Crippen molar-refractivity contribution in [2.24, 2.45) is 0 Å². The molecule has 1 amide bonds. The molecule has 0 saturated heterocycles. The second-order valence-corrected chi connectivity index (χ2v) is 3.68. The Morgan fingerprint density at radius 2 is 2.22 bits per heavy atom. The number of carbonyl (C=O) groups excluding carboxylic acids is 2. The number of carbonyl (C=O) groups is 2. The van der Waals surface area contributed by atoms with E-state index in [0.29, 0.717) is 6.54 Å². The molecule has 0 aliphatic carbocycles. The van der Waals surface area contributed by atoms with Gasteiger partial charge in [0, 0.05) is 6.54 Å². The Balaban J connectivity index is 2.60. The van der Waals surface area contributed by atoms with Crippen molar-refractivity contribution >= 4 is 17.7 Å². The van der Waals surface area contributed by atoms with E-state index in [2.05, 4.69) is 20.4 Å². The van der Waals surface area contributed by atoms with Gasteiger partial charge in [0.1, 0.15) is 6.54 Å². The predicted octanol–water partition coefficient (Wildman–Crippen LogP) is -0.437. The van der Waals surface area contributed by atoms with Crippen LogP contribution in [0.3, 0.4) is 0 Å². The molecule has 0 radical (unpaired) electrons. The first kappa shape index (κ1) is 13.9. The van der Waals surface area contributed by atoms with Gasteiger partial charge >= 0.3 is 5.97 Å². The minimum Gasteiger partial charge on any atom is -0.464 e. The van der Waals surface area contributed by atoms with Gasteiger partial charge in [0.05, 0.1) is 7.11 Å². The Morgan fingerprint density at radius 1 is 1.50 bits per heavy atom. The van der Waals surface area contributed by atoms with E-state index in [0.717, 1.165) is 17.5 Å². The van der Waals surface area contributed by atoms with E-state index in [1.165, 1.54) is 7.11 Å². The molecule has 1 aromatic heterocycles. The molecule has 0 aliphatic rings. The van der Waals surface area contributed by atoms with Crippen LogP contribution in [0.25, 0.3) is 0 Å². The summed E-state index contributed by atoms with van der Waals surface area (Å²) in [6.45, 7) is 2.57. The Labute approximate surface area is 104 Å². The molecule has 8 heteroatoms. The highest BCUT2D eigenvalue weighted by atomic mass is 16.5. The van der Waals surface area contributed by atoms with Gasteiger partial charge in [0.25, 0.3) is 0 Å². The predicted molar refractivity (Wildman–Crippen MR) is 63.7 cm³/mol. The summed E-state index contributed by atoms with van der Waals surface area (Å²) in [7, 11) is 1.22. The lowest BCUT2D eigenvalue weighted by atomic mass is 10.3. The molecule has 1 rings (SSSR count). The van der Waals surface area contributed by atoms with E-state index in [1.807, 2.05) is 6.92 Å². The number of nitrogens with one attached hydrogen (secondary N) is 1. The highest BCUT2D eigenvalue weighted by Crippen LogP contribution is 2.08. The van der Waals surface area contributed by atoms with Crippen molar-refractivity contribution < 1.29 is 14.3 Å². The number of nitrogens with two attached hydrogens (primary N) is 1. The standard InChI is InChI=1S/C10H17N5O3/c1-3-4-5-12-7(16)6-15-9(11)8(13-14-15)10(17)18-2/h3-6,11H2,1-2H3,(H,12,16). The third kappa shape index (κ3) is 3.44.